The molecule has 0 unspecified atom stereocenters. The summed E-state index contributed by atoms with van der Waals surface area (Å²) in [6.07, 6.45) is 6.23. The highest BCUT2D eigenvalue weighted by molar-refractivity contribution is 6.07. The number of ketones is 2. The summed E-state index contributed by atoms with van der Waals surface area (Å²) in [7, 11) is 0. The minimum atomic E-state index is -0.513. The van der Waals surface area contributed by atoms with Crippen LogP contribution in [0.4, 0.5) is 11.4 Å². The van der Waals surface area contributed by atoms with E-state index in [4.69, 9.17) is 0 Å². The zero-order valence-electron chi connectivity index (χ0n) is 21.9. The number of nitrogens with zero attached hydrogens (tertiary/aromatic N) is 2. The molecule has 0 aromatic heterocycles. The molecule has 200 valence electrons. The molecule has 0 aliphatic carbocycles. The summed E-state index contributed by atoms with van der Waals surface area (Å²) in [5, 5.41) is 21.3. The molecule has 0 fully saturated rings. The normalized spacial score (nSPS) is 10.7. The van der Waals surface area contributed by atoms with Crippen LogP contribution in [0, 0.1) is 34.1 Å². The number of allylic oxidation sites excluding steroid dienone is 2. The molecule has 0 spiro atoms. The van der Waals surface area contributed by atoms with Crippen LogP contribution in [0.25, 0.3) is 12.2 Å². The van der Waals surface area contributed by atoms with Crippen molar-refractivity contribution in [3.05, 3.63) is 163 Å². The second-order valence-corrected chi connectivity index (χ2v) is 8.83. The Balaban J connectivity index is 0.000000220. The van der Waals surface area contributed by atoms with Gasteiger partial charge in [-0.2, -0.15) is 0 Å². The number of nitro groups is 2. The number of nitro benzene ring substituents is 2. The Labute approximate surface area is 231 Å². The molecule has 4 aromatic rings. The molecule has 0 saturated heterocycles. The van der Waals surface area contributed by atoms with E-state index in [0.717, 1.165) is 22.3 Å². The smallest absolute Gasteiger partial charge is 0.270 e. The first kappa shape index (κ1) is 29.1. The van der Waals surface area contributed by atoms with Gasteiger partial charge in [-0.3, -0.25) is 29.8 Å². The van der Waals surface area contributed by atoms with Crippen molar-refractivity contribution in [2.75, 3.05) is 0 Å². The molecule has 0 heterocycles. The van der Waals surface area contributed by atoms with Gasteiger partial charge >= 0.3 is 0 Å². The highest BCUT2D eigenvalue weighted by Gasteiger charge is 2.10. The fourth-order valence-electron chi connectivity index (χ4n) is 3.44. The maximum Gasteiger partial charge on any atom is 0.270 e. The highest BCUT2D eigenvalue weighted by atomic mass is 16.6. The van der Waals surface area contributed by atoms with Crippen molar-refractivity contribution in [1.82, 2.24) is 0 Å². The van der Waals surface area contributed by atoms with Gasteiger partial charge in [0.15, 0.2) is 11.6 Å². The van der Waals surface area contributed by atoms with Crippen molar-refractivity contribution < 1.29 is 19.4 Å². The lowest BCUT2D eigenvalue weighted by Crippen LogP contribution is -1.96. The molecule has 0 saturated carbocycles. The number of hydrogen-bond acceptors (Lipinski definition) is 6. The highest BCUT2D eigenvalue weighted by Crippen LogP contribution is 2.16. The van der Waals surface area contributed by atoms with E-state index < -0.39 is 9.85 Å². The predicted molar refractivity (Wildman–Crippen MR) is 155 cm³/mol. The zero-order chi connectivity index (χ0) is 29.1. The Morgan fingerprint density at radius 2 is 0.925 bits per heavy atom. The van der Waals surface area contributed by atoms with Gasteiger partial charge in [-0.05, 0) is 37.1 Å². The van der Waals surface area contributed by atoms with Crippen LogP contribution in [0.2, 0.25) is 0 Å². The molecule has 0 bridgehead atoms. The van der Waals surface area contributed by atoms with Crippen LogP contribution in [0.3, 0.4) is 0 Å². The first-order chi connectivity index (χ1) is 19.1. The molecule has 40 heavy (non-hydrogen) atoms. The monoisotopic (exact) mass is 534 g/mol. The SMILES string of the molecule is Cc1ccc(/C=C/C(=O)c2cccc([N+](=O)[O-])c2)cc1.Cc1ccc(/C=C/C(=O)c2cccc([N+](=O)[O-])c2)cc1. The van der Waals surface area contributed by atoms with Gasteiger partial charge in [-0.1, -0.05) is 96.1 Å². The molecule has 0 aliphatic rings. The van der Waals surface area contributed by atoms with E-state index in [1.807, 2.05) is 62.4 Å². The van der Waals surface area contributed by atoms with E-state index in [2.05, 4.69) is 0 Å². The fraction of sp³-hybridized carbons (Fsp3) is 0.0625. The molecule has 4 rings (SSSR count). The van der Waals surface area contributed by atoms with Crippen molar-refractivity contribution in [3.63, 3.8) is 0 Å². The molecule has 8 nitrogen and oxygen atoms in total. The first-order valence-electron chi connectivity index (χ1n) is 12.2. The van der Waals surface area contributed by atoms with Crippen LogP contribution in [-0.4, -0.2) is 21.4 Å². The lowest BCUT2D eigenvalue weighted by Gasteiger charge is -1.97. The van der Waals surface area contributed by atoms with Gasteiger partial charge in [0.2, 0.25) is 0 Å². The molecule has 0 N–H and O–H groups in total. The van der Waals surface area contributed by atoms with Gasteiger partial charge in [0.1, 0.15) is 0 Å². The number of aryl methyl sites for hydroxylation is 2. The third kappa shape index (κ3) is 8.81. The van der Waals surface area contributed by atoms with Crippen LogP contribution >= 0.6 is 0 Å². The Hall–Kier alpha value is -5.50. The lowest BCUT2D eigenvalue weighted by atomic mass is 10.1. The van der Waals surface area contributed by atoms with E-state index in [0.29, 0.717) is 11.1 Å². The number of benzene rings is 4. The number of carbonyl (C=O) groups is 2. The minimum absolute atomic E-state index is 0.0837. The largest absolute Gasteiger partial charge is 0.289 e. The fourth-order valence-corrected chi connectivity index (χ4v) is 3.44. The van der Waals surface area contributed by atoms with Crippen molar-refractivity contribution in [3.8, 4) is 0 Å². The Morgan fingerprint density at radius 1 is 0.575 bits per heavy atom. The summed E-state index contributed by atoms with van der Waals surface area (Å²) in [5.41, 5.74) is 4.56. The quantitative estimate of drug-likeness (QED) is 0.0993. The maximum absolute atomic E-state index is 12.0. The lowest BCUT2D eigenvalue weighted by molar-refractivity contribution is -0.385. The predicted octanol–water partition coefficient (Wildman–Crippen LogP) is 7.60. The summed E-state index contributed by atoms with van der Waals surface area (Å²) in [5.74, 6) is -0.511. The number of non-ortho nitro benzene ring substituents is 2. The van der Waals surface area contributed by atoms with Crippen LogP contribution in [0.5, 0.6) is 0 Å². The van der Waals surface area contributed by atoms with Crippen LogP contribution in [0.1, 0.15) is 43.0 Å². The third-order valence-corrected chi connectivity index (χ3v) is 5.69. The molecule has 0 atom stereocenters. The molecule has 0 aliphatic heterocycles. The summed E-state index contributed by atoms with van der Waals surface area (Å²) >= 11 is 0. The van der Waals surface area contributed by atoms with Gasteiger partial charge in [-0.15, -0.1) is 0 Å². The first-order valence-corrected chi connectivity index (χ1v) is 12.2. The summed E-state index contributed by atoms with van der Waals surface area (Å²) in [4.78, 5) is 44.2. The number of rotatable bonds is 8. The van der Waals surface area contributed by atoms with Gasteiger partial charge in [0.05, 0.1) is 9.85 Å². The van der Waals surface area contributed by atoms with Gasteiger partial charge in [0, 0.05) is 35.4 Å². The number of carbonyl (C=O) groups excluding carboxylic acids is 2. The van der Waals surface area contributed by atoms with Crippen molar-refractivity contribution in [2.45, 2.75) is 13.8 Å². The van der Waals surface area contributed by atoms with E-state index in [9.17, 15) is 29.8 Å². The van der Waals surface area contributed by atoms with Crippen LogP contribution < -0.4 is 0 Å². The summed E-state index contributed by atoms with van der Waals surface area (Å²) in [6, 6.07) is 26.9. The average molecular weight is 535 g/mol. The Bertz CT molecular complexity index is 1470. The zero-order valence-corrected chi connectivity index (χ0v) is 21.9. The van der Waals surface area contributed by atoms with Crippen molar-refractivity contribution in [2.24, 2.45) is 0 Å². The Morgan fingerprint density at radius 3 is 1.25 bits per heavy atom. The maximum atomic E-state index is 12.0. The average Bonchev–Trinajstić information content (AvgIpc) is 2.96. The topological polar surface area (TPSA) is 120 Å². The third-order valence-electron chi connectivity index (χ3n) is 5.69. The van der Waals surface area contributed by atoms with E-state index in [1.165, 1.54) is 48.6 Å². The van der Waals surface area contributed by atoms with Crippen LogP contribution in [0.15, 0.2) is 109 Å². The minimum Gasteiger partial charge on any atom is -0.289 e. The standard InChI is InChI=1S/2C16H13NO3/c2*1-12-5-7-13(8-6-12)9-10-16(18)14-3-2-4-15(11-14)17(19)20/h2*2-11H,1H3/b2*10-9+. The molecule has 0 radical (unpaired) electrons. The second kappa shape index (κ2) is 13.9. The summed E-state index contributed by atoms with van der Waals surface area (Å²) < 4.78 is 0. The van der Waals surface area contributed by atoms with Crippen molar-refractivity contribution >= 4 is 35.1 Å². The Kier molecular flexibility index (Phi) is 10.1. The molecule has 8 heteroatoms. The van der Waals surface area contributed by atoms with E-state index >= 15 is 0 Å². The van der Waals surface area contributed by atoms with Gasteiger partial charge in [-0.25, -0.2) is 0 Å². The van der Waals surface area contributed by atoms with Gasteiger partial charge in [0.25, 0.3) is 11.4 Å². The molecular formula is C32H26N2O6. The van der Waals surface area contributed by atoms with Crippen molar-refractivity contribution in [1.29, 1.82) is 0 Å². The second-order valence-electron chi connectivity index (χ2n) is 8.83. The van der Waals surface area contributed by atoms with E-state index in [-0.39, 0.29) is 22.9 Å². The molecular weight excluding hydrogens is 508 g/mol. The number of hydrogen-bond donors (Lipinski definition) is 0. The van der Waals surface area contributed by atoms with E-state index in [1.54, 1.807) is 24.3 Å². The molecule has 4 aromatic carbocycles. The summed E-state index contributed by atoms with van der Waals surface area (Å²) in [6.45, 7) is 3.98. The molecule has 0 amide bonds. The van der Waals surface area contributed by atoms with Crippen LogP contribution in [-0.2, 0) is 0 Å². The van der Waals surface area contributed by atoms with Gasteiger partial charge < -0.3 is 0 Å².